The summed E-state index contributed by atoms with van der Waals surface area (Å²) in [4.78, 5) is 12.7. The van der Waals surface area contributed by atoms with Crippen molar-refractivity contribution in [3.8, 4) is 0 Å². The number of aryl methyl sites for hydroxylation is 1. The lowest BCUT2D eigenvalue weighted by atomic mass is 10.4. The van der Waals surface area contributed by atoms with Crippen molar-refractivity contribution < 1.29 is 4.79 Å². The Hall–Kier alpha value is -1.55. The van der Waals surface area contributed by atoms with Crippen LogP contribution in [0.15, 0.2) is 42.0 Å². The van der Waals surface area contributed by atoms with Gasteiger partial charge in [-0.25, -0.2) is 0 Å². The topological polar surface area (TPSA) is 34.0 Å². The summed E-state index contributed by atoms with van der Waals surface area (Å²) in [6, 6.07) is 7.94. The van der Waals surface area contributed by atoms with Crippen LogP contribution in [-0.4, -0.2) is 10.5 Å². The highest BCUT2D eigenvalue weighted by Crippen LogP contribution is 2.07. The van der Waals surface area contributed by atoms with Gasteiger partial charge in [-0.15, -0.1) is 11.3 Å². The van der Waals surface area contributed by atoms with Gasteiger partial charge >= 0.3 is 0 Å². The largest absolute Gasteiger partial charge is 0.354 e. The Morgan fingerprint density at radius 2 is 2.12 bits per heavy atom. The van der Waals surface area contributed by atoms with E-state index in [2.05, 4.69) is 5.32 Å². The molecule has 0 bridgehead atoms. The molecule has 4 heteroatoms. The maximum atomic E-state index is 11.5. The average molecular weight is 234 g/mol. The standard InChI is InChI=1S/C12H14N2OS/c15-12(5-8-14-6-1-2-7-14)13-10-11-4-3-9-16-11/h1-4,6-7,9H,5,8,10H2,(H,13,15). The van der Waals surface area contributed by atoms with Gasteiger partial charge < -0.3 is 9.88 Å². The number of nitrogens with one attached hydrogen (secondary N) is 1. The molecule has 16 heavy (non-hydrogen) atoms. The van der Waals surface area contributed by atoms with Gasteiger partial charge in [0, 0.05) is 30.2 Å². The van der Waals surface area contributed by atoms with E-state index in [1.165, 1.54) is 4.88 Å². The van der Waals surface area contributed by atoms with Crippen LogP contribution in [0.3, 0.4) is 0 Å². The number of aromatic nitrogens is 1. The molecule has 0 saturated carbocycles. The van der Waals surface area contributed by atoms with E-state index in [1.807, 2.05) is 46.6 Å². The van der Waals surface area contributed by atoms with E-state index in [0.717, 1.165) is 6.54 Å². The summed E-state index contributed by atoms with van der Waals surface area (Å²) in [6.07, 6.45) is 4.46. The van der Waals surface area contributed by atoms with Crippen molar-refractivity contribution >= 4 is 17.2 Å². The molecule has 0 aliphatic rings. The molecule has 0 aliphatic heterocycles. The first-order chi connectivity index (χ1) is 7.84. The van der Waals surface area contributed by atoms with Gasteiger partial charge in [0.05, 0.1) is 6.54 Å². The first-order valence-corrected chi connectivity index (χ1v) is 6.12. The molecule has 0 saturated heterocycles. The molecule has 2 heterocycles. The highest BCUT2D eigenvalue weighted by atomic mass is 32.1. The van der Waals surface area contributed by atoms with E-state index >= 15 is 0 Å². The minimum atomic E-state index is 0.0992. The fraction of sp³-hybridized carbons (Fsp3) is 0.250. The number of nitrogens with zero attached hydrogens (tertiary/aromatic N) is 1. The Kier molecular flexibility index (Phi) is 3.77. The van der Waals surface area contributed by atoms with Crippen LogP contribution in [0.1, 0.15) is 11.3 Å². The smallest absolute Gasteiger partial charge is 0.222 e. The van der Waals surface area contributed by atoms with Crippen molar-refractivity contribution in [1.82, 2.24) is 9.88 Å². The van der Waals surface area contributed by atoms with Crippen LogP contribution in [-0.2, 0) is 17.9 Å². The molecule has 2 rings (SSSR count). The van der Waals surface area contributed by atoms with Gasteiger partial charge in [0.15, 0.2) is 0 Å². The van der Waals surface area contributed by atoms with Crippen LogP contribution in [0.5, 0.6) is 0 Å². The summed E-state index contributed by atoms with van der Waals surface area (Å²) in [5.74, 6) is 0.0992. The number of thiophene rings is 1. The quantitative estimate of drug-likeness (QED) is 0.846. The molecule has 1 amide bonds. The summed E-state index contributed by atoms with van der Waals surface area (Å²) >= 11 is 1.66. The van der Waals surface area contributed by atoms with Gasteiger partial charge in [0.1, 0.15) is 0 Å². The van der Waals surface area contributed by atoms with Crippen LogP contribution in [0, 0.1) is 0 Å². The third-order valence-electron chi connectivity index (χ3n) is 2.30. The van der Waals surface area contributed by atoms with E-state index in [0.29, 0.717) is 13.0 Å². The van der Waals surface area contributed by atoms with E-state index in [1.54, 1.807) is 11.3 Å². The Balaban J connectivity index is 1.69. The van der Waals surface area contributed by atoms with Gasteiger partial charge in [-0.2, -0.15) is 0 Å². The van der Waals surface area contributed by atoms with Crippen LogP contribution in [0.4, 0.5) is 0 Å². The van der Waals surface area contributed by atoms with Crippen molar-refractivity contribution in [3.63, 3.8) is 0 Å². The fourth-order valence-electron chi connectivity index (χ4n) is 1.44. The molecule has 0 radical (unpaired) electrons. The predicted octanol–water partition coefficient (Wildman–Crippen LogP) is 2.26. The maximum Gasteiger partial charge on any atom is 0.222 e. The Labute approximate surface area is 98.7 Å². The highest BCUT2D eigenvalue weighted by molar-refractivity contribution is 7.09. The average Bonchev–Trinajstić information content (AvgIpc) is 2.96. The van der Waals surface area contributed by atoms with Crippen LogP contribution >= 0.6 is 11.3 Å². The van der Waals surface area contributed by atoms with E-state index in [4.69, 9.17) is 0 Å². The zero-order valence-corrected chi connectivity index (χ0v) is 9.74. The number of amides is 1. The number of rotatable bonds is 5. The molecule has 0 aromatic carbocycles. The minimum absolute atomic E-state index is 0.0992. The Bertz CT molecular complexity index is 380. The van der Waals surface area contributed by atoms with Crippen LogP contribution in [0.25, 0.3) is 0 Å². The third kappa shape index (κ3) is 3.24. The number of carbonyl (C=O) groups is 1. The van der Waals surface area contributed by atoms with Crippen LogP contribution < -0.4 is 5.32 Å². The zero-order valence-electron chi connectivity index (χ0n) is 8.93. The Morgan fingerprint density at radius 1 is 1.31 bits per heavy atom. The first-order valence-electron chi connectivity index (χ1n) is 5.24. The summed E-state index contributed by atoms with van der Waals surface area (Å²) in [5.41, 5.74) is 0. The monoisotopic (exact) mass is 234 g/mol. The second-order valence-electron chi connectivity index (χ2n) is 3.53. The Morgan fingerprint density at radius 3 is 2.81 bits per heavy atom. The molecule has 2 aromatic rings. The van der Waals surface area contributed by atoms with E-state index in [9.17, 15) is 4.79 Å². The SMILES string of the molecule is O=C(CCn1cccc1)NCc1cccs1. The summed E-state index contributed by atoms with van der Waals surface area (Å²) < 4.78 is 2.00. The minimum Gasteiger partial charge on any atom is -0.354 e. The molecule has 0 unspecified atom stereocenters. The molecule has 0 spiro atoms. The lowest BCUT2D eigenvalue weighted by Gasteiger charge is -2.04. The molecule has 1 N–H and O–H groups in total. The molecule has 2 aromatic heterocycles. The lowest BCUT2D eigenvalue weighted by Crippen LogP contribution is -2.23. The van der Waals surface area contributed by atoms with Crippen molar-refractivity contribution in [2.45, 2.75) is 19.5 Å². The second kappa shape index (κ2) is 5.51. The van der Waals surface area contributed by atoms with Gasteiger partial charge in [0.25, 0.3) is 0 Å². The van der Waals surface area contributed by atoms with Crippen molar-refractivity contribution in [1.29, 1.82) is 0 Å². The number of carbonyl (C=O) groups excluding carboxylic acids is 1. The molecule has 84 valence electrons. The number of hydrogen-bond acceptors (Lipinski definition) is 2. The normalized spacial score (nSPS) is 10.2. The summed E-state index contributed by atoms with van der Waals surface area (Å²) in [5, 5.41) is 4.92. The molecular weight excluding hydrogens is 220 g/mol. The predicted molar refractivity (Wildman–Crippen MR) is 65.2 cm³/mol. The third-order valence-corrected chi connectivity index (χ3v) is 3.18. The fourth-order valence-corrected chi connectivity index (χ4v) is 2.08. The summed E-state index contributed by atoms with van der Waals surface area (Å²) in [7, 11) is 0. The first kappa shape index (κ1) is 11.0. The molecule has 0 atom stereocenters. The van der Waals surface area contributed by atoms with Crippen LogP contribution in [0.2, 0.25) is 0 Å². The van der Waals surface area contributed by atoms with Gasteiger partial charge in [-0.1, -0.05) is 6.07 Å². The van der Waals surface area contributed by atoms with Gasteiger partial charge in [-0.3, -0.25) is 4.79 Å². The molecule has 0 aliphatic carbocycles. The zero-order chi connectivity index (χ0) is 11.2. The van der Waals surface area contributed by atoms with Crippen molar-refractivity contribution in [2.24, 2.45) is 0 Å². The lowest BCUT2D eigenvalue weighted by molar-refractivity contribution is -0.121. The van der Waals surface area contributed by atoms with E-state index < -0.39 is 0 Å². The number of hydrogen-bond donors (Lipinski definition) is 1. The maximum absolute atomic E-state index is 11.5. The molecule has 0 fully saturated rings. The summed E-state index contributed by atoms with van der Waals surface area (Å²) in [6.45, 7) is 1.38. The second-order valence-corrected chi connectivity index (χ2v) is 4.56. The van der Waals surface area contributed by atoms with Crippen molar-refractivity contribution in [3.05, 3.63) is 46.9 Å². The van der Waals surface area contributed by atoms with Gasteiger partial charge in [0.2, 0.25) is 5.91 Å². The molecular formula is C12H14N2OS. The molecule has 3 nitrogen and oxygen atoms in total. The highest BCUT2D eigenvalue weighted by Gasteiger charge is 2.01. The van der Waals surface area contributed by atoms with Crippen molar-refractivity contribution in [2.75, 3.05) is 0 Å². The van der Waals surface area contributed by atoms with E-state index in [-0.39, 0.29) is 5.91 Å². The van der Waals surface area contributed by atoms with Gasteiger partial charge in [-0.05, 0) is 23.6 Å².